The van der Waals surface area contributed by atoms with Crippen molar-refractivity contribution < 1.29 is 0 Å². The van der Waals surface area contributed by atoms with Crippen LogP contribution >= 0.6 is 0 Å². The normalized spacial score (nSPS) is 12.5. The Morgan fingerprint density at radius 1 is 0.261 bits per heavy atom. The Hall–Kier alpha value is -5.72. The van der Waals surface area contributed by atoms with Gasteiger partial charge in [-0.15, -0.1) is 0 Å². The molecule has 0 bridgehead atoms. The Bertz CT molecular complexity index is 2430. The van der Waals surface area contributed by atoms with E-state index in [2.05, 4.69) is 170 Å². The van der Waals surface area contributed by atoms with Crippen molar-refractivity contribution in [3.8, 4) is 44.5 Å². The van der Waals surface area contributed by atoms with E-state index in [1.54, 1.807) is 0 Å². The predicted molar refractivity (Wildman–Crippen MR) is 197 cm³/mol. The fourth-order valence-corrected chi connectivity index (χ4v) is 7.83. The highest BCUT2D eigenvalue weighted by Crippen LogP contribution is 2.48. The minimum atomic E-state index is 0.936. The van der Waals surface area contributed by atoms with Gasteiger partial charge in [0.2, 0.25) is 0 Å². The number of hydrogen-bond donors (Lipinski definition) is 0. The van der Waals surface area contributed by atoms with Gasteiger partial charge in [-0.3, -0.25) is 0 Å². The first-order valence-electron chi connectivity index (χ1n) is 16.2. The zero-order valence-electron chi connectivity index (χ0n) is 25.6. The lowest BCUT2D eigenvalue weighted by atomic mass is 9.79. The predicted octanol–water partition coefficient (Wildman–Crippen LogP) is 12.5. The van der Waals surface area contributed by atoms with E-state index in [1.807, 2.05) is 0 Å². The van der Waals surface area contributed by atoms with Crippen LogP contribution in [0, 0.1) is 0 Å². The van der Waals surface area contributed by atoms with Gasteiger partial charge >= 0.3 is 0 Å². The maximum atomic E-state index is 2.49. The summed E-state index contributed by atoms with van der Waals surface area (Å²) >= 11 is 0. The quantitative estimate of drug-likeness (QED) is 0.143. The maximum Gasteiger partial charge on any atom is -0.00262 e. The molecule has 0 saturated heterocycles. The van der Waals surface area contributed by atoms with Crippen molar-refractivity contribution in [1.29, 1.82) is 0 Å². The average Bonchev–Trinajstić information content (AvgIpc) is 3.13. The Balaban J connectivity index is 1.42. The fourth-order valence-electron chi connectivity index (χ4n) is 7.83. The Labute approximate surface area is 269 Å². The first kappa shape index (κ1) is 26.7. The van der Waals surface area contributed by atoms with Crippen molar-refractivity contribution in [3.63, 3.8) is 0 Å². The molecule has 0 heteroatoms. The molecule has 0 spiro atoms. The molecule has 0 heterocycles. The van der Waals surface area contributed by atoms with Crippen LogP contribution in [0.25, 0.3) is 76.8 Å². The summed E-state index contributed by atoms with van der Waals surface area (Å²) in [6.07, 6.45) is 6.58. The molecular formula is C46H32. The number of fused-ring (bicyclic) bond motifs is 4. The van der Waals surface area contributed by atoms with E-state index in [0.29, 0.717) is 0 Å². The van der Waals surface area contributed by atoms with Crippen LogP contribution < -0.4 is 0 Å². The summed E-state index contributed by atoms with van der Waals surface area (Å²) in [5.41, 5.74) is 13.3. The molecule has 0 nitrogen and oxygen atoms in total. The molecule has 1 aliphatic carbocycles. The van der Waals surface area contributed by atoms with Gasteiger partial charge in [0.1, 0.15) is 0 Å². The zero-order valence-corrected chi connectivity index (χ0v) is 25.6. The monoisotopic (exact) mass is 584 g/mol. The highest BCUT2D eigenvalue weighted by atomic mass is 14.3. The van der Waals surface area contributed by atoms with Gasteiger partial charge in [0.05, 0.1) is 0 Å². The highest BCUT2D eigenvalue weighted by Gasteiger charge is 2.23. The van der Waals surface area contributed by atoms with Gasteiger partial charge in [0.15, 0.2) is 0 Å². The molecule has 0 radical (unpaired) electrons. The van der Waals surface area contributed by atoms with Gasteiger partial charge in [-0.05, 0) is 107 Å². The van der Waals surface area contributed by atoms with Crippen LogP contribution in [-0.2, 0) is 12.8 Å². The lowest BCUT2D eigenvalue weighted by Crippen LogP contribution is -2.05. The van der Waals surface area contributed by atoms with Crippen LogP contribution in [0.5, 0.6) is 0 Å². The molecule has 216 valence electrons. The molecule has 0 aromatic heterocycles. The van der Waals surface area contributed by atoms with Crippen molar-refractivity contribution in [1.82, 2.24) is 0 Å². The lowest BCUT2D eigenvalue weighted by molar-refractivity contribution is 1.10. The summed E-state index contributed by atoms with van der Waals surface area (Å²) in [6, 6.07) is 58.0. The molecule has 8 aromatic rings. The second-order valence-electron chi connectivity index (χ2n) is 12.3. The fraction of sp³-hybridized carbons (Fsp3) is 0.0435. The van der Waals surface area contributed by atoms with Gasteiger partial charge in [-0.25, -0.2) is 0 Å². The Morgan fingerprint density at radius 2 is 0.609 bits per heavy atom. The van der Waals surface area contributed by atoms with Crippen molar-refractivity contribution in [2.45, 2.75) is 12.8 Å². The number of allylic oxidation sites excluding steroid dienone is 2. The zero-order chi connectivity index (χ0) is 30.5. The van der Waals surface area contributed by atoms with E-state index < -0.39 is 0 Å². The van der Waals surface area contributed by atoms with Crippen molar-refractivity contribution in [2.75, 3.05) is 0 Å². The van der Waals surface area contributed by atoms with E-state index in [4.69, 9.17) is 0 Å². The van der Waals surface area contributed by atoms with E-state index in [1.165, 1.54) is 88.0 Å². The van der Waals surface area contributed by atoms with Crippen molar-refractivity contribution in [2.24, 2.45) is 0 Å². The van der Waals surface area contributed by atoms with Gasteiger partial charge in [0, 0.05) is 0 Å². The average molecular weight is 585 g/mol. The first-order chi connectivity index (χ1) is 22.9. The molecule has 0 N–H and O–H groups in total. The minimum Gasteiger partial charge on any atom is -0.0838 e. The van der Waals surface area contributed by atoms with Crippen LogP contribution in [0.4, 0.5) is 0 Å². The number of hydrogen-bond acceptors (Lipinski definition) is 0. The third-order valence-electron chi connectivity index (χ3n) is 9.74. The van der Waals surface area contributed by atoms with Gasteiger partial charge in [-0.2, -0.15) is 0 Å². The molecule has 0 atom stereocenters. The Morgan fingerprint density at radius 3 is 1.09 bits per heavy atom. The van der Waals surface area contributed by atoms with Gasteiger partial charge < -0.3 is 0 Å². The standard InChI is InChI=1S/C46H32/c1-4-16-31(17-5-1)43-36-23-11-14-26-39(36)46(40-27-15-12-24-37(40)43)34-28-29-41-42(30-34)45(33-20-8-3-9-21-33)38-25-13-10-22-35(38)44(41)32-18-6-2-7-19-32/h1-23,25-26,28-30H,24,27H2. The number of rotatable bonds is 4. The van der Waals surface area contributed by atoms with Crippen LogP contribution in [0.15, 0.2) is 170 Å². The summed E-state index contributed by atoms with van der Waals surface area (Å²) in [5, 5.41) is 7.79. The van der Waals surface area contributed by atoms with Crippen LogP contribution in [-0.4, -0.2) is 0 Å². The van der Waals surface area contributed by atoms with Crippen LogP contribution in [0.2, 0.25) is 0 Å². The molecule has 0 fully saturated rings. The summed E-state index contributed by atoms with van der Waals surface area (Å²) in [5.74, 6) is 0. The van der Waals surface area contributed by atoms with E-state index in [-0.39, 0.29) is 0 Å². The topological polar surface area (TPSA) is 0 Å². The molecule has 46 heavy (non-hydrogen) atoms. The van der Waals surface area contributed by atoms with Crippen molar-refractivity contribution in [3.05, 3.63) is 181 Å². The molecule has 0 aliphatic heterocycles. The molecule has 0 saturated carbocycles. The van der Waals surface area contributed by atoms with Gasteiger partial charge in [0.25, 0.3) is 0 Å². The molecule has 1 aliphatic rings. The maximum absolute atomic E-state index is 2.49. The summed E-state index contributed by atoms with van der Waals surface area (Å²) in [6.45, 7) is 0. The molecule has 8 aromatic carbocycles. The number of benzene rings is 8. The SMILES string of the molecule is C1=CCc2c(c(-c3ccccc3)c3ccccc3c2-c2ccc3c(-c4ccccc4)c4ccccc4c(-c4ccccc4)c3c2)C1. The smallest absolute Gasteiger partial charge is 0.00262 e. The summed E-state index contributed by atoms with van der Waals surface area (Å²) in [7, 11) is 0. The second-order valence-corrected chi connectivity index (χ2v) is 12.3. The molecule has 0 amide bonds. The van der Waals surface area contributed by atoms with Crippen molar-refractivity contribution >= 4 is 32.3 Å². The lowest BCUT2D eigenvalue weighted by Gasteiger charge is -2.25. The summed E-state index contributed by atoms with van der Waals surface area (Å²) < 4.78 is 0. The molecule has 9 rings (SSSR count). The Kier molecular flexibility index (Phi) is 6.39. The highest BCUT2D eigenvalue weighted by molar-refractivity contribution is 6.22. The molecule has 0 unspecified atom stereocenters. The third-order valence-corrected chi connectivity index (χ3v) is 9.74. The van der Waals surface area contributed by atoms with E-state index in [9.17, 15) is 0 Å². The van der Waals surface area contributed by atoms with Gasteiger partial charge in [-0.1, -0.05) is 164 Å². The van der Waals surface area contributed by atoms with Crippen LogP contribution in [0.3, 0.4) is 0 Å². The van der Waals surface area contributed by atoms with Crippen LogP contribution in [0.1, 0.15) is 11.1 Å². The molecular weight excluding hydrogens is 553 g/mol. The largest absolute Gasteiger partial charge is 0.0838 e. The first-order valence-corrected chi connectivity index (χ1v) is 16.2. The second kappa shape index (κ2) is 11.0. The third kappa shape index (κ3) is 4.22. The van der Waals surface area contributed by atoms with E-state index >= 15 is 0 Å². The summed E-state index contributed by atoms with van der Waals surface area (Å²) in [4.78, 5) is 0. The van der Waals surface area contributed by atoms with E-state index in [0.717, 1.165) is 12.8 Å². The minimum absolute atomic E-state index is 0.936.